The Bertz CT molecular complexity index is 574. The molecule has 174 valence electrons. The number of methoxy groups -OCH3 is 1. The lowest BCUT2D eigenvalue weighted by molar-refractivity contribution is -0.140. The zero-order chi connectivity index (χ0) is 22.6. The van der Waals surface area contributed by atoms with Gasteiger partial charge in [0.2, 0.25) is 0 Å². The second kappa shape index (κ2) is 13.8. The van der Waals surface area contributed by atoms with Gasteiger partial charge in [0.1, 0.15) is 14.2 Å². The maximum absolute atomic E-state index is 11.8. The van der Waals surface area contributed by atoms with Crippen LogP contribution in [0.4, 0.5) is 0 Å². The summed E-state index contributed by atoms with van der Waals surface area (Å²) in [6, 6.07) is 0. The third-order valence-corrected chi connectivity index (χ3v) is 6.50. The summed E-state index contributed by atoms with van der Waals surface area (Å²) in [4.78, 5) is 22.0. The van der Waals surface area contributed by atoms with Crippen LogP contribution in [0.3, 0.4) is 0 Å². The van der Waals surface area contributed by atoms with Crippen LogP contribution in [0.15, 0.2) is 10.3 Å². The molecule has 1 saturated carbocycles. The largest absolute Gasteiger partial charge is 0.469 e. The summed E-state index contributed by atoms with van der Waals surface area (Å²) in [5.41, 5.74) is 2.09. The van der Waals surface area contributed by atoms with E-state index in [0.29, 0.717) is 12.8 Å². The number of hydrogen-bond acceptors (Lipinski definition) is 7. The summed E-state index contributed by atoms with van der Waals surface area (Å²) in [7, 11) is 2.87. The van der Waals surface area contributed by atoms with Crippen LogP contribution in [0.2, 0.25) is 19.6 Å². The Morgan fingerprint density at radius 1 is 1.03 bits per heavy atom. The summed E-state index contributed by atoms with van der Waals surface area (Å²) < 4.78 is 11.4. The van der Waals surface area contributed by atoms with E-state index in [1.165, 1.54) is 20.0 Å². The van der Waals surface area contributed by atoms with Crippen molar-refractivity contribution < 1.29 is 23.6 Å². The molecule has 1 rings (SSSR count). The van der Waals surface area contributed by atoms with E-state index >= 15 is 0 Å². The predicted octanol–water partition coefficient (Wildman–Crippen LogP) is 5.16. The fraction of sp³-hybridized carbons (Fsp3) is 0.864. The van der Waals surface area contributed by atoms with Crippen LogP contribution in [0, 0.1) is 11.8 Å². The molecule has 0 bridgehead atoms. The Labute approximate surface area is 183 Å². The first-order chi connectivity index (χ1) is 14.3. The number of oxime groups is 2. The third-order valence-electron chi connectivity index (χ3n) is 5.49. The number of carbonyl (C=O) groups excluding carboxylic acids is 1. The minimum atomic E-state index is -1.74. The van der Waals surface area contributed by atoms with Crippen LogP contribution < -0.4 is 0 Å². The highest BCUT2D eigenvalue weighted by Gasteiger charge is 2.43. The highest BCUT2D eigenvalue weighted by Crippen LogP contribution is 2.40. The first kappa shape index (κ1) is 26.6. The Hall–Kier alpha value is -1.41. The van der Waals surface area contributed by atoms with Gasteiger partial charge in [0.05, 0.1) is 24.6 Å². The lowest BCUT2D eigenvalue weighted by atomic mass is 9.85. The molecule has 1 aliphatic rings. The molecule has 30 heavy (non-hydrogen) atoms. The SMILES string of the molecule is CCCCC/C(CC[C@H]1[C@H](O[Si](C)(C)C)C/C(=N/OC)[C@@H]1CCC(=O)OC)=N/OC. The van der Waals surface area contributed by atoms with Crippen LogP contribution in [-0.2, 0) is 23.6 Å². The van der Waals surface area contributed by atoms with E-state index in [1.54, 1.807) is 14.2 Å². The summed E-state index contributed by atoms with van der Waals surface area (Å²) in [6.07, 6.45) is 8.16. The molecular weight excluding hydrogens is 400 g/mol. The van der Waals surface area contributed by atoms with Gasteiger partial charge < -0.3 is 18.8 Å². The van der Waals surface area contributed by atoms with Gasteiger partial charge >= 0.3 is 5.97 Å². The fourth-order valence-corrected chi connectivity index (χ4v) is 5.39. The third kappa shape index (κ3) is 9.60. The summed E-state index contributed by atoms with van der Waals surface area (Å²) >= 11 is 0. The van der Waals surface area contributed by atoms with E-state index in [-0.39, 0.29) is 23.9 Å². The predicted molar refractivity (Wildman–Crippen MR) is 123 cm³/mol. The minimum absolute atomic E-state index is 0.0904. The van der Waals surface area contributed by atoms with Crippen LogP contribution in [0.1, 0.15) is 64.7 Å². The lowest BCUT2D eigenvalue weighted by Crippen LogP contribution is -2.35. The van der Waals surface area contributed by atoms with E-state index in [4.69, 9.17) is 18.8 Å². The quantitative estimate of drug-likeness (QED) is 0.122. The Balaban J connectivity index is 2.99. The standard InChI is InChI=1S/C22H42N2O5Si/c1-8-9-10-11-17(23-27-3)12-13-19-18(14-15-22(25)26-2)20(24-28-4)16-21(19)29-30(5,6)7/h18-19,21H,8-16H2,1-7H3/b23-17-,24-20-/t18-,19-,21-/m1/s1. The van der Waals surface area contributed by atoms with Gasteiger partial charge in [0, 0.05) is 18.8 Å². The molecule has 0 N–H and O–H groups in total. The van der Waals surface area contributed by atoms with Gasteiger partial charge in [-0.25, -0.2) is 0 Å². The van der Waals surface area contributed by atoms with Gasteiger partial charge in [-0.3, -0.25) is 4.79 Å². The zero-order valence-corrected chi connectivity index (χ0v) is 21.0. The van der Waals surface area contributed by atoms with Crippen molar-refractivity contribution >= 4 is 25.7 Å². The van der Waals surface area contributed by atoms with Gasteiger partial charge in [0.15, 0.2) is 8.32 Å². The number of hydrogen-bond donors (Lipinski definition) is 0. The molecule has 0 heterocycles. The van der Waals surface area contributed by atoms with E-state index in [9.17, 15) is 4.79 Å². The second-order valence-electron chi connectivity index (χ2n) is 8.96. The molecule has 0 aromatic heterocycles. The molecule has 3 atom stereocenters. The van der Waals surface area contributed by atoms with Gasteiger partial charge in [-0.2, -0.15) is 0 Å². The average molecular weight is 443 g/mol. The Morgan fingerprint density at radius 2 is 1.77 bits per heavy atom. The first-order valence-electron chi connectivity index (χ1n) is 11.2. The molecule has 0 aliphatic heterocycles. The van der Waals surface area contributed by atoms with Gasteiger partial charge in [-0.15, -0.1) is 0 Å². The van der Waals surface area contributed by atoms with Crippen molar-refractivity contribution in [3.05, 3.63) is 0 Å². The molecule has 1 fully saturated rings. The van der Waals surface area contributed by atoms with E-state index in [2.05, 4.69) is 36.9 Å². The second-order valence-corrected chi connectivity index (χ2v) is 13.4. The van der Waals surface area contributed by atoms with Crippen molar-refractivity contribution in [2.45, 2.75) is 90.5 Å². The topological polar surface area (TPSA) is 78.7 Å². The molecule has 7 nitrogen and oxygen atoms in total. The number of esters is 1. The highest BCUT2D eigenvalue weighted by atomic mass is 28.4. The minimum Gasteiger partial charge on any atom is -0.469 e. The summed E-state index contributed by atoms with van der Waals surface area (Å²) in [5.74, 6) is 0.217. The van der Waals surface area contributed by atoms with Crippen LogP contribution >= 0.6 is 0 Å². The Kier molecular flexibility index (Phi) is 12.2. The van der Waals surface area contributed by atoms with Crippen molar-refractivity contribution in [3.8, 4) is 0 Å². The fourth-order valence-electron chi connectivity index (χ4n) is 4.22. The molecule has 0 saturated heterocycles. The van der Waals surface area contributed by atoms with Crippen molar-refractivity contribution in [3.63, 3.8) is 0 Å². The monoisotopic (exact) mass is 442 g/mol. The summed E-state index contributed by atoms with van der Waals surface area (Å²) in [6.45, 7) is 8.83. The van der Waals surface area contributed by atoms with Crippen LogP contribution in [0.5, 0.6) is 0 Å². The molecule has 0 aromatic carbocycles. The summed E-state index contributed by atoms with van der Waals surface area (Å²) in [5, 5.41) is 8.59. The molecule has 0 radical (unpaired) electrons. The first-order valence-corrected chi connectivity index (χ1v) is 14.6. The normalized spacial score (nSPS) is 23.6. The molecule has 1 aliphatic carbocycles. The van der Waals surface area contributed by atoms with Gasteiger partial charge in [0.25, 0.3) is 0 Å². The number of nitrogens with zero attached hydrogens (tertiary/aromatic N) is 2. The maximum Gasteiger partial charge on any atom is 0.305 e. The zero-order valence-electron chi connectivity index (χ0n) is 20.0. The van der Waals surface area contributed by atoms with E-state index < -0.39 is 8.32 Å². The van der Waals surface area contributed by atoms with Crippen molar-refractivity contribution in [2.75, 3.05) is 21.3 Å². The number of rotatable bonds is 14. The number of ether oxygens (including phenoxy) is 1. The van der Waals surface area contributed by atoms with Crippen LogP contribution in [-0.4, -0.2) is 53.1 Å². The molecule has 0 amide bonds. The molecular formula is C22H42N2O5Si. The highest BCUT2D eigenvalue weighted by molar-refractivity contribution is 6.69. The van der Waals surface area contributed by atoms with Crippen molar-refractivity contribution in [1.29, 1.82) is 0 Å². The maximum atomic E-state index is 11.8. The molecule has 0 spiro atoms. The number of carbonyl (C=O) groups is 1. The smallest absolute Gasteiger partial charge is 0.305 e. The number of unbranched alkanes of at least 4 members (excludes halogenated alkanes) is 2. The van der Waals surface area contributed by atoms with E-state index in [0.717, 1.165) is 43.5 Å². The van der Waals surface area contributed by atoms with Crippen molar-refractivity contribution in [2.24, 2.45) is 22.1 Å². The van der Waals surface area contributed by atoms with Gasteiger partial charge in [-0.05, 0) is 57.7 Å². The van der Waals surface area contributed by atoms with E-state index in [1.807, 2.05) is 0 Å². The lowest BCUT2D eigenvalue weighted by Gasteiger charge is -2.30. The average Bonchev–Trinajstić information content (AvgIpc) is 2.98. The molecule has 0 unspecified atom stereocenters. The Morgan fingerprint density at radius 3 is 2.33 bits per heavy atom. The molecule has 0 aromatic rings. The van der Waals surface area contributed by atoms with Crippen LogP contribution in [0.25, 0.3) is 0 Å². The van der Waals surface area contributed by atoms with Crippen molar-refractivity contribution in [1.82, 2.24) is 0 Å². The molecule has 8 heteroatoms. The van der Waals surface area contributed by atoms with Gasteiger partial charge in [-0.1, -0.05) is 30.1 Å².